The van der Waals surface area contributed by atoms with Crippen molar-refractivity contribution in [3.05, 3.63) is 144 Å². The SMILES string of the molecule is CC(C)(C)C.CC(C)(C)C1CCCC1.CC(C)(C)C1CCCCC1.CC(C)(C)C1CCCO1.CC(C)(C)C1CCOCC1.CC(C)(C)c1ccccc1.CC(C)(C)c1ccccc1.CC(C)C(C)(C)C.CC(C)CC(C)(C)C.CCCC(C)(C)C.CCOC(C)(C)C.CN(C)CC(C)(C)C.CN1CCC(C(C)(C)C)CC1.COCC(C)(C)C.COCCC(C)(C)C.Cc1ccccc1C(C)(C)C.c1ccccc1. The van der Waals surface area contributed by atoms with Crippen LogP contribution in [-0.2, 0) is 39.9 Å². The Balaban J connectivity index is -0.000000226. The summed E-state index contributed by atoms with van der Waals surface area (Å²) in [5, 5.41) is 0. The number of hydrogen-bond acceptors (Lipinski definition) is 7. The van der Waals surface area contributed by atoms with Gasteiger partial charge in [-0.1, -0.05) is 513 Å². The van der Waals surface area contributed by atoms with Crippen LogP contribution in [0.2, 0.25) is 0 Å². The predicted octanol–water partition coefficient (Wildman–Crippen LogP) is 42.6. The van der Waals surface area contributed by atoms with Crippen LogP contribution in [-0.4, -0.2) is 116 Å². The van der Waals surface area contributed by atoms with Gasteiger partial charge >= 0.3 is 0 Å². The maximum absolute atomic E-state index is 5.52. The summed E-state index contributed by atoms with van der Waals surface area (Å²) >= 11 is 0. The molecule has 1 unspecified atom stereocenters. The highest BCUT2D eigenvalue weighted by Crippen LogP contribution is 2.41. The van der Waals surface area contributed by atoms with Gasteiger partial charge in [0.25, 0.3) is 0 Å². The third-order valence-corrected chi connectivity index (χ3v) is 25.3. The molecule has 4 aromatic carbocycles. The van der Waals surface area contributed by atoms with Gasteiger partial charge in [-0.25, -0.2) is 0 Å². The molecule has 0 amide bonds. The Kier molecular flexibility index (Phi) is 83.4. The molecule has 5 fully saturated rings. The van der Waals surface area contributed by atoms with Crippen LogP contribution < -0.4 is 0 Å². The van der Waals surface area contributed by atoms with E-state index in [-0.39, 0.29) is 11.0 Å². The van der Waals surface area contributed by atoms with Crippen molar-refractivity contribution in [2.45, 2.75) is 538 Å². The molecule has 3 aliphatic heterocycles. The van der Waals surface area contributed by atoms with Gasteiger partial charge in [-0.05, 0) is 291 Å². The summed E-state index contributed by atoms with van der Waals surface area (Å²) in [5.41, 5.74) is 12.4. The van der Waals surface area contributed by atoms with Crippen molar-refractivity contribution in [2.24, 2.45) is 100 Å². The zero-order valence-electron chi connectivity index (χ0n) is 109. The van der Waals surface area contributed by atoms with Gasteiger partial charge in [-0.15, -0.1) is 0 Å². The number of nitrogens with zero attached hydrogens (tertiary/aromatic N) is 2. The van der Waals surface area contributed by atoms with Crippen molar-refractivity contribution >= 4 is 0 Å². The van der Waals surface area contributed by atoms with Gasteiger partial charge in [0, 0.05) is 53.8 Å². The van der Waals surface area contributed by atoms with Gasteiger partial charge in [0.2, 0.25) is 0 Å². The number of aryl methyl sites for hydroxylation is 1. The van der Waals surface area contributed by atoms with Crippen molar-refractivity contribution in [2.75, 3.05) is 94.6 Å². The van der Waals surface area contributed by atoms with Crippen LogP contribution in [0, 0.1) is 107 Å². The monoisotopic (exact) mass is 2010 g/mol. The lowest BCUT2D eigenvalue weighted by Gasteiger charge is -2.37. The Morgan fingerprint density at radius 1 is 0.357 bits per heavy atom. The molecular weight excluding hydrogens is 1740 g/mol. The van der Waals surface area contributed by atoms with Gasteiger partial charge in [0.15, 0.2) is 0 Å². The summed E-state index contributed by atoms with van der Waals surface area (Å²) in [6, 6.07) is 41.7. The molecule has 0 bridgehead atoms. The third kappa shape index (κ3) is 114. The summed E-state index contributed by atoms with van der Waals surface area (Å²) in [6.07, 6.45) is 26.7. The van der Waals surface area contributed by atoms with Crippen LogP contribution in [0.1, 0.15) is 525 Å². The van der Waals surface area contributed by atoms with Crippen LogP contribution in [0.4, 0.5) is 0 Å². The lowest BCUT2D eigenvalue weighted by Crippen LogP contribution is -2.35. The maximum atomic E-state index is 5.52. The van der Waals surface area contributed by atoms with Gasteiger partial charge in [-0.3, -0.25) is 0 Å². The first-order valence-corrected chi connectivity index (χ1v) is 57.5. The van der Waals surface area contributed by atoms with Crippen molar-refractivity contribution in [3.63, 3.8) is 0 Å². The quantitative estimate of drug-likeness (QED) is 0.183. The maximum Gasteiger partial charge on any atom is 0.0624 e. The number of ether oxygens (including phenoxy) is 5. The number of rotatable bonds is 7. The fraction of sp³-hybridized carbons (Fsp3) is 0.824. The van der Waals surface area contributed by atoms with E-state index in [2.05, 4.69) is 497 Å². The van der Waals surface area contributed by atoms with Crippen molar-refractivity contribution < 1.29 is 23.7 Å². The van der Waals surface area contributed by atoms with E-state index >= 15 is 0 Å². The zero-order chi connectivity index (χ0) is 114. The third-order valence-electron chi connectivity index (χ3n) is 25.3. The molecule has 2 saturated carbocycles. The van der Waals surface area contributed by atoms with E-state index < -0.39 is 0 Å². The Labute approximate surface area is 904 Å². The molecule has 5 aliphatic rings. The van der Waals surface area contributed by atoms with Gasteiger partial charge in [0.1, 0.15) is 0 Å². The average molecular weight is 2010 g/mol. The Bertz CT molecular complexity index is 3190. The minimum Gasteiger partial charge on any atom is -0.385 e. The Morgan fingerprint density at radius 3 is 0.832 bits per heavy atom. The molecule has 0 N–H and O–H groups in total. The molecule has 7 nitrogen and oxygen atoms in total. The first-order valence-electron chi connectivity index (χ1n) is 57.5. The van der Waals surface area contributed by atoms with E-state index in [0.717, 1.165) is 88.1 Å². The van der Waals surface area contributed by atoms with E-state index in [4.69, 9.17) is 23.7 Å². The van der Waals surface area contributed by atoms with E-state index in [1.165, 1.54) is 151 Å². The number of hydrogen-bond donors (Lipinski definition) is 0. The molecule has 143 heavy (non-hydrogen) atoms. The Morgan fingerprint density at radius 2 is 0.678 bits per heavy atom. The highest BCUT2D eigenvalue weighted by Gasteiger charge is 2.32. The summed E-state index contributed by atoms with van der Waals surface area (Å²) < 4.78 is 25.9. The molecule has 850 valence electrons. The number of benzene rings is 4. The van der Waals surface area contributed by atoms with E-state index in [1.807, 2.05) is 43.3 Å². The Hall–Kier alpha value is -3.40. The highest BCUT2D eigenvalue weighted by molar-refractivity contribution is 5.31. The van der Waals surface area contributed by atoms with Crippen LogP contribution in [0.3, 0.4) is 0 Å². The molecule has 7 heteroatoms. The van der Waals surface area contributed by atoms with Crippen molar-refractivity contribution in [1.29, 1.82) is 0 Å². The smallest absolute Gasteiger partial charge is 0.0624 e. The van der Waals surface area contributed by atoms with Crippen molar-refractivity contribution in [1.82, 2.24) is 9.80 Å². The minimum absolute atomic E-state index is 0.0503. The minimum atomic E-state index is 0.0503. The first-order chi connectivity index (χ1) is 64.2. The summed E-state index contributed by atoms with van der Waals surface area (Å²) in [5.74, 6) is 5.47. The molecule has 3 saturated heterocycles. The normalized spacial score (nSPS) is 16.1. The fourth-order valence-corrected chi connectivity index (χ4v) is 16.3. The van der Waals surface area contributed by atoms with E-state index in [1.54, 1.807) is 14.2 Å². The lowest BCUT2D eigenvalue weighted by molar-refractivity contribution is 0.00530. The van der Waals surface area contributed by atoms with E-state index in [0.29, 0.717) is 81.9 Å². The molecule has 0 aromatic heterocycles. The molecular formula is C136H266N2O5. The standard InChI is InChI=1S/C11H16.C10H21N.C10H20.2C10H14.C9H18O.C9H18.C8H16O.C8H18.C7H17N.C7H16O.2C7H16.2C6H14O.C6H6.C5H12/c1-9-7-5-6-8-10(9)11(2,3)4;1-10(2,3)9-5-7-11(4)8-6-9;3*1-10(2,3)9-7-5-4-6-8-9;1-9(2,3)8-4-6-10-7-5-8;1-9(2,3)8-6-4-5-7-8;1-8(2,3)7-5-4-6-9-7;1-7(2)6-8(3,4)5;1-7(2,3)6-8(4)5;1-7(2,3)5-6-8-4;1-6(2)7(3,4)5;1-5-6-7(2,3)4;1-6(2,3)5-7-4;1-5-7-6(2,3)4;1-2-4-6-5-3-1;1-5(2,3)4/h5-8H,1-4H3;9H,5-8H2,1-4H3;9H,4-8H2,1-3H3;2*4-8H,1-3H3;8H,4-7H2,1-3H3;8H,4-7H2,1-3H3;7H,4-6H2,1-3H3;7H,6H2,1-5H3;6H2,1-5H3;5-6H2,1-4H3;6H,1-5H3;5-6H2,1-4H3;2*5H2,1-4H3;1-6H;1-4H3. The topological polar surface area (TPSA) is 52.6 Å². The van der Waals surface area contributed by atoms with Crippen LogP contribution in [0.25, 0.3) is 0 Å². The molecule has 0 spiro atoms. The molecule has 3 heterocycles. The summed E-state index contributed by atoms with van der Waals surface area (Å²) in [6.45, 7) is 135. The van der Waals surface area contributed by atoms with Crippen LogP contribution in [0.15, 0.2) is 121 Å². The number of likely N-dealkylation sites (tertiary alicyclic amines) is 1. The van der Waals surface area contributed by atoms with E-state index in [9.17, 15) is 0 Å². The number of piperidine rings is 1. The average Bonchev–Trinajstić information content (AvgIpc) is 1.19. The summed E-state index contributed by atoms with van der Waals surface area (Å²) in [4.78, 5) is 4.64. The lowest BCUT2D eigenvalue weighted by atomic mass is 9.72. The largest absolute Gasteiger partial charge is 0.385 e. The molecule has 2 aliphatic carbocycles. The second-order valence-corrected chi connectivity index (χ2v) is 61.2. The second-order valence-electron chi connectivity index (χ2n) is 61.2. The van der Waals surface area contributed by atoms with Crippen molar-refractivity contribution in [3.8, 4) is 0 Å². The summed E-state index contributed by atoms with van der Waals surface area (Å²) in [7, 11) is 9.90. The molecule has 0 radical (unpaired) electrons. The van der Waals surface area contributed by atoms with Gasteiger partial charge in [0.05, 0.1) is 18.3 Å². The number of methoxy groups -OCH3 is 2. The highest BCUT2D eigenvalue weighted by atomic mass is 16.5. The molecule has 4 aromatic rings. The van der Waals surface area contributed by atoms with Gasteiger partial charge < -0.3 is 33.5 Å². The second kappa shape index (κ2) is 77.0. The van der Waals surface area contributed by atoms with Crippen LogP contribution >= 0.6 is 0 Å². The van der Waals surface area contributed by atoms with Gasteiger partial charge in [-0.2, -0.15) is 0 Å². The fourth-order valence-electron chi connectivity index (χ4n) is 16.3. The first kappa shape index (κ1) is 155. The zero-order valence-corrected chi connectivity index (χ0v) is 109. The predicted molar refractivity (Wildman–Crippen MR) is 655 cm³/mol. The molecule has 9 rings (SSSR count). The molecule has 1 atom stereocenters. The van der Waals surface area contributed by atoms with Crippen LogP contribution in [0.5, 0.6) is 0 Å².